The van der Waals surface area contributed by atoms with E-state index in [0.29, 0.717) is 0 Å². The van der Waals surface area contributed by atoms with E-state index in [9.17, 15) is 14.4 Å². The number of hydrogen-bond acceptors (Lipinski definition) is 7. The van der Waals surface area contributed by atoms with Crippen LogP contribution in [-0.2, 0) is 27.5 Å². The SMILES string of the molecule is CC(=O)OCc1ncc(C(C)=O)c(OC(C)=O)c1OCc1ccccc1. The summed E-state index contributed by atoms with van der Waals surface area (Å²) in [7, 11) is 0. The molecule has 0 saturated heterocycles. The topological polar surface area (TPSA) is 91.8 Å². The van der Waals surface area contributed by atoms with E-state index in [-0.39, 0.29) is 41.8 Å². The van der Waals surface area contributed by atoms with E-state index in [4.69, 9.17) is 14.2 Å². The predicted molar refractivity (Wildman–Crippen MR) is 91.8 cm³/mol. The smallest absolute Gasteiger partial charge is 0.308 e. The summed E-state index contributed by atoms with van der Waals surface area (Å²) in [5, 5.41) is 0. The molecule has 0 N–H and O–H groups in total. The average Bonchev–Trinajstić information content (AvgIpc) is 2.59. The second-order valence-corrected chi connectivity index (χ2v) is 5.48. The first-order valence-electron chi connectivity index (χ1n) is 7.89. The lowest BCUT2D eigenvalue weighted by Crippen LogP contribution is -2.12. The van der Waals surface area contributed by atoms with Crippen LogP contribution in [0.15, 0.2) is 36.5 Å². The second kappa shape index (κ2) is 8.75. The molecule has 26 heavy (non-hydrogen) atoms. The Hall–Kier alpha value is -3.22. The number of Topliss-reactive ketones (excluding diaryl/α,β-unsaturated/α-hetero) is 1. The van der Waals surface area contributed by atoms with Crippen molar-refractivity contribution in [1.29, 1.82) is 0 Å². The molecule has 1 aromatic heterocycles. The fourth-order valence-electron chi connectivity index (χ4n) is 2.16. The fraction of sp³-hybridized carbons (Fsp3) is 0.263. The van der Waals surface area contributed by atoms with Crippen molar-refractivity contribution in [1.82, 2.24) is 4.98 Å². The lowest BCUT2D eigenvalue weighted by atomic mass is 10.1. The Morgan fingerprint density at radius 3 is 2.19 bits per heavy atom. The maximum Gasteiger partial charge on any atom is 0.308 e. The Balaban J connectivity index is 2.45. The van der Waals surface area contributed by atoms with Crippen LogP contribution in [0.3, 0.4) is 0 Å². The number of pyridine rings is 1. The summed E-state index contributed by atoms with van der Waals surface area (Å²) in [6.07, 6.45) is 1.27. The van der Waals surface area contributed by atoms with Crippen molar-refractivity contribution in [3.8, 4) is 11.5 Å². The molecular formula is C19H19NO6. The molecule has 7 heteroatoms. The summed E-state index contributed by atoms with van der Waals surface area (Å²) in [5.74, 6) is -1.37. The third-order valence-electron chi connectivity index (χ3n) is 3.33. The largest absolute Gasteiger partial charge is 0.483 e. The van der Waals surface area contributed by atoms with E-state index in [1.165, 1.54) is 27.0 Å². The lowest BCUT2D eigenvalue weighted by molar-refractivity contribution is -0.142. The van der Waals surface area contributed by atoms with Crippen LogP contribution < -0.4 is 9.47 Å². The molecule has 7 nitrogen and oxygen atoms in total. The first-order chi connectivity index (χ1) is 12.4. The Kier molecular flexibility index (Phi) is 6.43. The van der Waals surface area contributed by atoms with Gasteiger partial charge in [0, 0.05) is 20.0 Å². The Bertz CT molecular complexity index is 816. The highest BCUT2D eigenvalue weighted by Gasteiger charge is 2.22. The van der Waals surface area contributed by atoms with Gasteiger partial charge in [-0.1, -0.05) is 30.3 Å². The highest BCUT2D eigenvalue weighted by atomic mass is 16.6. The number of carbonyl (C=O) groups excluding carboxylic acids is 3. The highest BCUT2D eigenvalue weighted by molar-refractivity contribution is 5.98. The number of carbonyl (C=O) groups is 3. The number of ketones is 1. The van der Waals surface area contributed by atoms with E-state index < -0.39 is 11.9 Å². The monoisotopic (exact) mass is 357 g/mol. The molecule has 0 unspecified atom stereocenters. The average molecular weight is 357 g/mol. The van der Waals surface area contributed by atoms with Crippen LogP contribution in [-0.4, -0.2) is 22.7 Å². The molecule has 2 aromatic rings. The molecule has 136 valence electrons. The van der Waals surface area contributed by atoms with Crippen molar-refractivity contribution < 1.29 is 28.6 Å². The van der Waals surface area contributed by atoms with Crippen LogP contribution in [0.2, 0.25) is 0 Å². The summed E-state index contributed by atoms with van der Waals surface area (Å²) in [6, 6.07) is 9.31. The minimum Gasteiger partial charge on any atom is -0.483 e. The Morgan fingerprint density at radius 1 is 0.923 bits per heavy atom. The number of ether oxygens (including phenoxy) is 3. The van der Waals surface area contributed by atoms with Crippen molar-refractivity contribution in [2.75, 3.05) is 0 Å². The number of benzene rings is 1. The number of esters is 2. The predicted octanol–water partition coefficient (Wildman–Crippen LogP) is 2.85. The van der Waals surface area contributed by atoms with Gasteiger partial charge in [-0.3, -0.25) is 19.4 Å². The van der Waals surface area contributed by atoms with Crippen LogP contribution in [0.5, 0.6) is 11.5 Å². The van der Waals surface area contributed by atoms with E-state index >= 15 is 0 Å². The molecule has 1 aromatic carbocycles. The van der Waals surface area contributed by atoms with Crippen molar-refractivity contribution in [3.05, 3.63) is 53.3 Å². The van der Waals surface area contributed by atoms with Gasteiger partial charge in [-0.25, -0.2) is 0 Å². The molecule has 0 fully saturated rings. The molecular weight excluding hydrogens is 338 g/mol. The quantitative estimate of drug-likeness (QED) is 0.556. The van der Waals surface area contributed by atoms with Crippen LogP contribution in [0.4, 0.5) is 0 Å². The maximum absolute atomic E-state index is 11.9. The van der Waals surface area contributed by atoms with Gasteiger partial charge in [0.25, 0.3) is 0 Å². The van der Waals surface area contributed by atoms with Gasteiger partial charge in [0.05, 0.1) is 5.56 Å². The Morgan fingerprint density at radius 2 is 1.62 bits per heavy atom. The van der Waals surface area contributed by atoms with Crippen molar-refractivity contribution >= 4 is 17.7 Å². The normalized spacial score (nSPS) is 10.1. The van der Waals surface area contributed by atoms with E-state index in [2.05, 4.69) is 4.98 Å². The van der Waals surface area contributed by atoms with Gasteiger partial charge < -0.3 is 14.2 Å². The van der Waals surface area contributed by atoms with Crippen molar-refractivity contribution in [2.24, 2.45) is 0 Å². The van der Waals surface area contributed by atoms with Gasteiger partial charge in [0.1, 0.15) is 18.9 Å². The molecule has 1 heterocycles. The summed E-state index contributed by atoms with van der Waals surface area (Å²) >= 11 is 0. The minimum absolute atomic E-state index is 0.0296. The van der Waals surface area contributed by atoms with Gasteiger partial charge in [0.15, 0.2) is 17.3 Å². The molecule has 0 bridgehead atoms. The van der Waals surface area contributed by atoms with Crippen molar-refractivity contribution in [2.45, 2.75) is 34.0 Å². The molecule has 0 amide bonds. The summed E-state index contributed by atoms with van der Waals surface area (Å²) in [5.41, 5.74) is 1.22. The van der Waals surface area contributed by atoms with Crippen LogP contribution in [0, 0.1) is 0 Å². The third-order valence-corrected chi connectivity index (χ3v) is 3.33. The number of rotatable bonds is 7. The molecule has 0 atom stereocenters. The zero-order chi connectivity index (χ0) is 19.1. The van der Waals surface area contributed by atoms with Crippen molar-refractivity contribution in [3.63, 3.8) is 0 Å². The molecule has 0 radical (unpaired) electrons. The second-order valence-electron chi connectivity index (χ2n) is 5.48. The van der Waals surface area contributed by atoms with Crippen LogP contribution in [0.1, 0.15) is 42.4 Å². The Labute approximate surface area is 150 Å². The molecule has 0 aliphatic rings. The summed E-state index contributed by atoms with van der Waals surface area (Å²) in [4.78, 5) is 38.6. The van der Waals surface area contributed by atoms with Crippen LogP contribution in [0.25, 0.3) is 0 Å². The van der Waals surface area contributed by atoms with E-state index in [0.717, 1.165) is 5.56 Å². The first-order valence-corrected chi connectivity index (χ1v) is 7.89. The van der Waals surface area contributed by atoms with Gasteiger partial charge in [-0.05, 0) is 12.5 Å². The van der Waals surface area contributed by atoms with Gasteiger partial charge >= 0.3 is 11.9 Å². The van der Waals surface area contributed by atoms with E-state index in [1.54, 1.807) is 0 Å². The minimum atomic E-state index is -0.610. The fourth-order valence-corrected chi connectivity index (χ4v) is 2.16. The summed E-state index contributed by atoms with van der Waals surface area (Å²) < 4.78 is 16.0. The molecule has 2 rings (SSSR count). The van der Waals surface area contributed by atoms with Crippen LogP contribution >= 0.6 is 0 Å². The lowest BCUT2D eigenvalue weighted by Gasteiger charge is -2.17. The third kappa shape index (κ3) is 5.14. The molecule has 0 aliphatic heterocycles. The zero-order valence-corrected chi connectivity index (χ0v) is 14.8. The number of hydrogen-bond donors (Lipinski definition) is 0. The molecule has 0 spiro atoms. The summed E-state index contributed by atoms with van der Waals surface area (Å²) in [6.45, 7) is 3.80. The maximum atomic E-state index is 11.9. The molecule has 0 saturated carbocycles. The highest BCUT2D eigenvalue weighted by Crippen LogP contribution is 2.35. The zero-order valence-electron chi connectivity index (χ0n) is 14.8. The number of nitrogens with zero attached hydrogens (tertiary/aromatic N) is 1. The number of aromatic nitrogens is 1. The molecule has 0 aliphatic carbocycles. The van der Waals surface area contributed by atoms with Gasteiger partial charge in [0.2, 0.25) is 0 Å². The standard InChI is InChI=1S/C19H19NO6/c1-12(21)16-9-20-17(11-24-13(2)22)19(18(16)26-14(3)23)25-10-15-7-5-4-6-8-15/h4-9H,10-11H2,1-3H3. The van der Waals surface area contributed by atoms with Gasteiger partial charge in [-0.15, -0.1) is 0 Å². The first kappa shape index (κ1) is 19.1. The van der Waals surface area contributed by atoms with E-state index in [1.807, 2.05) is 30.3 Å². The van der Waals surface area contributed by atoms with Gasteiger partial charge in [-0.2, -0.15) is 0 Å².